The fourth-order valence-electron chi connectivity index (χ4n) is 3.57. The Hall–Kier alpha value is -2.48. The monoisotopic (exact) mass is 375 g/mol. The van der Waals surface area contributed by atoms with E-state index in [9.17, 15) is 13.9 Å². The summed E-state index contributed by atoms with van der Waals surface area (Å²) in [7, 11) is 0. The van der Waals surface area contributed by atoms with Gasteiger partial charge in [0.25, 0.3) is 0 Å². The number of benzene rings is 1. The molecule has 8 heteroatoms. The largest absolute Gasteiger partial charge is 0.391 e. The van der Waals surface area contributed by atoms with Gasteiger partial charge in [-0.3, -0.25) is 0 Å². The smallest absolute Gasteiger partial charge is 0.229 e. The lowest BCUT2D eigenvalue weighted by atomic mass is 10.1. The molecule has 2 aliphatic rings. The van der Waals surface area contributed by atoms with Crippen LogP contribution in [0.4, 0.5) is 31.9 Å². The van der Waals surface area contributed by atoms with Crippen molar-refractivity contribution in [2.24, 2.45) is 0 Å². The Labute approximate surface area is 156 Å². The third-order valence-corrected chi connectivity index (χ3v) is 5.03. The molecule has 3 heterocycles. The van der Waals surface area contributed by atoms with E-state index < -0.39 is 12.3 Å². The van der Waals surface area contributed by atoms with Crippen LogP contribution in [0.3, 0.4) is 0 Å². The van der Waals surface area contributed by atoms with Gasteiger partial charge in [0.15, 0.2) is 12.3 Å². The van der Waals surface area contributed by atoms with Crippen LogP contribution in [-0.2, 0) is 0 Å². The zero-order valence-corrected chi connectivity index (χ0v) is 14.9. The number of aliphatic hydroxyl groups excluding tert-OH is 1. The standard InChI is InChI=1S/C19H23F2N5O/c20-16-11-26(12-17(16)21)18-7-8-22-19(24-18)23-13-3-5-14(6-4-13)25-9-1-2-15(27)10-25/h3-8,15-17,27H,1-2,9-12H2,(H,22,23,24)/t15?,16-,17-/m0/s1. The lowest BCUT2D eigenvalue weighted by Gasteiger charge is -2.32. The van der Waals surface area contributed by atoms with Crippen molar-refractivity contribution in [3.05, 3.63) is 36.5 Å². The minimum Gasteiger partial charge on any atom is -0.391 e. The predicted octanol–water partition coefficient (Wildman–Crippen LogP) is 2.68. The van der Waals surface area contributed by atoms with E-state index in [1.807, 2.05) is 24.3 Å². The molecular formula is C19H23F2N5O. The second kappa shape index (κ2) is 7.64. The van der Waals surface area contributed by atoms with Crippen molar-refractivity contribution in [3.63, 3.8) is 0 Å². The maximum atomic E-state index is 13.4. The first-order valence-electron chi connectivity index (χ1n) is 9.25. The van der Waals surface area contributed by atoms with Crippen molar-refractivity contribution in [2.45, 2.75) is 31.3 Å². The molecule has 0 bridgehead atoms. The molecule has 0 radical (unpaired) electrons. The van der Waals surface area contributed by atoms with Gasteiger partial charge >= 0.3 is 0 Å². The van der Waals surface area contributed by atoms with Crippen LogP contribution in [0.2, 0.25) is 0 Å². The number of β-amino-alcohol motifs (C(OH)–C–C–N with tert-alkyl or cyclic N) is 1. The summed E-state index contributed by atoms with van der Waals surface area (Å²) < 4.78 is 26.8. The predicted molar refractivity (Wildman–Crippen MR) is 101 cm³/mol. The van der Waals surface area contributed by atoms with Crippen LogP contribution < -0.4 is 15.1 Å². The molecular weight excluding hydrogens is 352 g/mol. The highest BCUT2D eigenvalue weighted by Crippen LogP contribution is 2.25. The third-order valence-electron chi connectivity index (χ3n) is 5.03. The summed E-state index contributed by atoms with van der Waals surface area (Å²) in [6, 6.07) is 9.49. The van der Waals surface area contributed by atoms with E-state index in [-0.39, 0.29) is 19.2 Å². The van der Waals surface area contributed by atoms with Crippen LogP contribution in [0, 0.1) is 0 Å². The highest BCUT2D eigenvalue weighted by molar-refractivity contribution is 5.60. The summed E-state index contributed by atoms with van der Waals surface area (Å²) >= 11 is 0. The summed E-state index contributed by atoms with van der Waals surface area (Å²) in [5.41, 5.74) is 1.88. The molecule has 0 saturated carbocycles. The highest BCUT2D eigenvalue weighted by Gasteiger charge is 2.33. The van der Waals surface area contributed by atoms with Crippen LogP contribution in [0.5, 0.6) is 0 Å². The zero-order valence-electron chi connectivity index (χ0n) is 14.9. The van der Waals surface area contributed by atoms with Crippen LogP contribution >= 0.6 is 0 Å². The van der Waals surface area contributed by atoms with Crippen LogP contribution in [0.25, 0.3) is 0 Å². The molecule has 2 N–H and O–H groups in total. The van der Waals surface area contributed by atoms with E-state index >= 15 is 0 Å². The number of nitrogens with one attached hydrogen (secondary N) is 1. The van der Waals surface area contributed by atoms with Gasteiger partial charge in [0.1, 0.15) is 5.82 Å². The Morgan fingerprint density at radius 3 is 2.44 bits per heavy atom. The summed E-state index contributed by atoms with van der Waals surface area (Å²) in [5, 5.41) is 12.9. The fraction of sp³-hybridized carbons (Fsp3) is 0.474. The van der Waals surface area contributed by atoms with E-state index in [1.165, 1.54) is 0 Å². The zero-order chi connectivity index (χ0) is 18.8. The summed E-state index contributed by atoms with van der Waals surface area (Å²) in [6.45, 7) is 1.61. The lowest BCUT2D eigenvalue weighted by molar-refractivity contribution is 0.154. The van der Waals surface area contributed by atoms with Gasteiger partial charge in [-0.1, -0.05) is 0 Å². The van der Waals surface area contributed by atoms with Crippen LogP contribution in [0.1, 0.15) is 12.8 Å². The number of aromatic nitrogens is 2. The molecule has 1 unspecified atom stereocenters. The van der Waals surface area contributed by atoms with Gasteiger partial charge in [0, 0.05) is 30.7 Å². The Balaban J connectivity index is 1.42. The van der Waals surface area contributed by atoms with Crippen molar-refractivity contribution in [1.29, 1.82) is 0 Å². The summed E-state index contributed by atoms with van der Waals surface area (Å²) in [5.74, 6) is 0.889. The van der Waals surface area contributed by atoms with Crippen molar-refractivity contribution in [1.82, 2.24) is 9.97 Å². The van der Waals surface area contributed by atoms with Crippen LogP contribution in [0.15, 0.2) is 36.5 Å². The Bertz CT molecular complexity index is 765. The average molecular weight is 375 g/mol. The normalized spacial score (nSPS) is 25.7. The van der Waals surface area contributed by atoms with Gasteiger partial charge in [-0.15, -0.1) is 0 Å². The van der Waals surface area contributed by atoms with Gasteiger partial charge in [-0.2, -0.15) is 4.98 Å². The minimum atomic E-state index is -1.47. The number of hydrogen-bond donors (Lipinski definition) is 2. The first-order valence-corrected chi connectivity index (χ1v) is 9.25. The van der Waals surface area contributed by atoms with Gasteiger partial charge in [0.2, 0.25) is 5.95 Å². The minimum absolute atomic E-state index is 0.00794. The fourth-order valence-corrected chi connectivity index (χ4v) is 3.57. The lowest BCUT2D eigenvalue weighted by Crippen LogP contribution is -2.38. The molecule has 27 heavy (non-hydrogen) atoms. The number of halogens is 2. The number of alkyl halides is 2. The first-order chi connectivity index (χ1) is 13.1. The van der Waals surface area contributed by atoms with E-state index in [0.29, 0.717) is 18.3 Å². The number of nitrogens with zero attached hydrogens (tertiary/aromatic N) is 4. The Kier molecular flexibility index (Phi) is 5.07. The van der Waals surface area contributed by atoms with Crippen molar-refractivity contribution < 1.29 is 13.9 Å². The molecule has 2 aliphatic heterocycles. The topological polar surface area (TPSA) is 64.5 Å². The van der Waals surface area contributed by atoms with E-state index in [4.69, 9.17) is 0 Å². The van der Waals surface area contributed by atoms with E-state index in [1.54, 1.807) is 17.2 Å². The second-order valence-corrected chi connectivity index (χ2v) is 7.09. The Morgan fingerprint density at radius 1 is 1.00 bits per heavy atom. The molecule has 2 fully saturated rings. The molecule has 2 saturated heterocycles. The molecule has 3 atom stereocenters. The maximum Gasteiger partial charge on any atom is 0.229 e. The molecule has 144 valence electrons. The SMILES string of the molecule is OC1CCCN(c2ccc(Nc3nccc(N4C[C@H](F)[C@@H](F)C4)n3)cc2)C1. The molecule has 0 aliphatic carbocycles. The van der Waals surface area contributed by atoms with Crippen molar-refractivity contribution in [3.8, 4) is 0 Å². The van der Waals surface area contributed by atoms with Crippen molar-refractivity contribution in [2.75, 3.05) is 41.3 Å². The van der Waals surface area contributed by atoms with Gasteiger partial charge in [-0.25, -0.2) is 13.8 Å². The number of hydrogen-bond acceptors (Lipinski definition) is 6. The average Bonchev–Trinajstić information content (AvgIpc) is 3.01. The van der Waals surface area contributed by atoms with Crippen LogP contribution in [-0.4, -0.2) is 59.7 Å². The molecule has 4 rings (SSSR count). The summed E-state index contributed by atoms with van der Waals surface area (Å²) in [6.07, 6.45) is 0.193. The highest BCUT2D eigenvalue weighted by atomic mass is 19.2. The van der Waals surface area contributed by atoms with E-state index in [0.717, 1.165) is 30.8 Å². The number of rotatable bonds is 4. The molecule has 0 amide bonds. The number of anilines is 4. The van der Waals surface area contributed by atoms with E-state index in [2.05, 4.69) is 20.2 Å². The van der Waals surface area contributed by atoms with Gasteiger partial charge in [0.05, 0.1) is 19.2 Å². The Morgan fingerprint density at radius 2 is 1.74 bits per heavy atom. The van der Waals surface area contributed by atoms with Gasteiger partial charge in [-0.05, 0) is 43.2 Å². The second-order valence-electron chi connectivity index (χ2n) is 7.09. The summed E-state index contributed by atoms with van der Waals surface area (Å²) in [4.78, 5) is 12.3. The first kappa shape index (κ1) is 17.9. The molecule has 1 aromatic heterocycles. The van der Waals surface area contributed by atoms with Gasteiger partial charge < -0.3 is 20.2 Å². The molecule has 1 aromatic carbocycles. The van der Waals surface area contributed by atoms with Crippen molar-refractivity contribution >= 4 is 23.1 Å². The maximum absolute atomic E-state index is 13.4. The molecule has 6 nitrogen and oxygen atoms in total. The third kappa shape index (κ3) is 4.10. The quantitative estimate of drug-likeness (QED) is 0.857. The number of piperidine rings is 1. The number of aliphatic hydroxyl groups is 1. The molecule has 2 aromatic rings. The molecule has 0 spiro atoms.